The van der Waals surface area contributed by atoms with Gasteiger partial charge in [0.1, 0.15) is 0 Å². The molecule has 2 heterocycles. The molecule has 0 saturated heterocycles. The van der Waals surface area contributed by atoms with Crippen LogP contribution in [-0.2, 0) is 0 Å². The van der Waals surface area contributed by atoms with Gasteiger partial charge >= 0.3 is 0 Å². The Morgan fingerprint density at radius 3 is 1.95 bits per heavy atom. The second-order valence-corrected chi connectivity index (χ2v) is 14.2. The first kappa shape index (κ1) is 32.5. The van der Waals surface area contributed by atoms with E-state index in [1.54, 1.807) is 0 Å². The molecule has 4 nitrogen and oxygen atoms in total. The third-order valence-electron chi connectivity index (χ3n) is 11.1. The van der Waals surface area contributed by atoms with Crippen molar-refractivity contribution >= 4 is 45.0 Å². The Labute approximate surface area is 321 Å². The van der Waals surface area contributed by atoms with Gasteiger partial charge in [0.15, 0.2) is 0 Å². The Bertz CT molecular complexity index is 2810. The minimum atomic E-state index is 0.262. The van der Waals surface area contributed by atoms with Gasteiger partial charge in [-0.1, -0.05) is 152 Å². The van der Waals surface area contributed by atoms with Gasteiger partial charge in [0.2, 0.25) is 0 Å². The summed E-state index contributed by atoms with van der Waals surface area (Å²) in [5.41, 5.74) is 18.4. The average molecular weight is 707 g/mol. The van der Waals surface area contributed by atoms with E-state index >= 15 is 0 Å². The lowest BCUT2D eigenvalue weighted by Crippen LogP contribution is -2.28. The van der Waals surface area contributed by atoms with Crippen molar-refractivity contribution < 1.29 is 0 Å². The number of nitrogens with one attached hydrogen (secondary N) is 2. The molecule has 0 amide bonds. The molecule has 2 unspecified atom stereocenters. The van der Waals surface area contributed by atoms with Crippen LogP contribution in [0.4, 0.5) is 11.4 Å². The number of benzene rings is 7. The predicted octanol–water partition coefficient (Wildman–Crippen LogP) is 12.8. The van der Waals surface area contributed by atoms with E-state index in [1.165, 1.54) is 56.2 Å². The molecule has 1 aromatic heterocycles. The molecule has 55 heavy (non-hydrogen) atoms. The lowest BCUT2D eigenvalue weighted by molar-refractivity contribution is 0.745. The average Bonchev–Trinajstić information content (AvgIpc) is 3.76. The van der Waals surface area contributed by atoms with Gasteiger partial charge in [0.05, 0.1) is 17.1 Å². The van der Waals surface area contributed by atoms with E-state index in [4.69, 9.17) is 5.41 Å². The Morgan fingerprint density at radius 2 is 1.15 bits per heavy atom. The Morgan fingerprint density at radius 1 is 0.527 bits per heavy atom. The predicted molar refractivity (Wildman–Crippen MR) is 232 cm³/mol. The van der Waals surface area contributed by atoms with E-state index in [1.807, 2.05) is 12.3 Å². The largest absolute Gasteiger partial charge is 0.333 e. The highest BCUT2D eigenvalue weighted by atomic mass is 15.4. The van der Waals surface area contributed by atoms with Crippen molar-refractivity contribution in [2.75, 3.05) is 10.3 Å². The van der Waals surface area contributed by atoms with Gasteiger partial charge < -0.3 is 15.7 Å². The molecule has 0 saturated carbocycles. The van der Waals surface area contributed by atoms with E-state index in [9.17, 15) is 0 Å². The third-order valence-corrected chi connectivity index (χ3v) is 11.1. The lowest BCUT2D eigenvalue weighted by atomic mass is 9.90. The van der Waals surface area contributed by atoms with Crippen molar-refractivity contribution in [3.63, 3.8) is 0 Å². The summed E-state index contributed by atoms with van der Waals surface area (Å²) >= 11 is 0. The standard InChI is InChI=1S/C51H38N4/c52-33-42(37-24-22-36(23-25-37)39-15-11-14-38(30-39)35-12-3-1-4-13-35)34-53-55-49-21-10-8-19-45(49)47-31-40(27-29-50(47)55)41-26-28-46-44-18-7-9-20-48(44)54(51(46)32-41)43-16-5-2-6-17-43/h1-34,44,48,52-53H/b42-34+,52-33?. The number of rotatable bonds is 8. The number of anilines is 2. The molecule has 2 N–H and O–H groups in total. The minimum Gasteiger partial charge on any atom is -0.333 e. The Hall–Kier alpha value is -7.17. The summed E-state index contributed by atoms with van der Waals surface area (Å²) in [6, 6.07) is 60.8. The van der Waals surface area contributed by atoms with Crippen LogP contribution < -0.4 is 10.3 Å². The monoisotopic (exact) mass is 706 g/mol. The molecule has 1 aliphatic carbocycles. The maximum atomic E-state index is 8.34. The number of nitrogens with zero attached hydrogens (tertiary/aromatic N) is 2. The fourth-order valence-electron chi connectivity index (χ4n) is 8.40. The van der Waals surface area contributed by atoms with Crippen LogP contribution in [0.5, 0.6) is 0 Å². The fourth-order valence-corrected chi connectivity index (χ4v) is 8.40. The number of allylic oxidation sites excluding steroid dienone is 3. The van der Waals surface area contributed by atoms with Gasteiger partial charge in [-0.15, -0.1) is 0 Å². The zero-order valence-electron chi connectivity index (χ0n) is 30.2. The first-order valence-corrected chi connectivity index (χ1v) is 18.8. The Balaban J connectivity index is 0.970. The molecule has 262 valence electrons. The summed E-state index contributed by atoms with van der Waals surface area (Å²) in [6.45, 7) is 0. The van der Waals surface area contributed by atoms with Gasteiger partial charge in [-0.3, -0.25) is 4.68 Å². The van der Waals surface area contributed by atoms with Crippen molar-refractivity contribution in [3.8, 4) is 33.4 Å². The number of hydrogen-bond donors (Lipinski definition) is 2. The van der Waals surface area contributed by atoms with E-state index in [2.05, 4.69) is 203 Å². The smallest absolute Gasteiger partial charge is 0.0710 e. The summed E-state index contributed by atoms with van der Waals surface area (Å²) in [6.07, 6.45) is 12.3. The lowest BCUT2D eigenvalue weighted by Gasteiger charge is -2.28. The van der Waals surface area contributed by atoms with Crippen molar-refractivity contribution in [2.24, 2.45) is 0 Å². The zero-order valence-corrected chi connectivity index (χ0v) is 30.2. The molecular weight excluding hydrogens is 669 g/mol. The van der Waals surface area contributed by atoms with E-state index in [0.29, 0.717) is 5.92 Å². The Kier molecular flexibility index (Phi) is 8.07. The van der Waals surface area contributed by atoms with E-state index in [0.717, 1.165) is 33.3 Å². The summed E-state index contributed by atoms with van der Waals surface area (Å²) in [5.74, 6) is 0.328. The second-order valence-electron chi connectivity index (χ2n) is 14.2. The van der Waals surface area contributed by atoms with Crippen molar-refractivity contribution in [1.29, 1.82) is 5.41 Å². The highest BCUT2D eigenvalue weighted by Crippen LogP contribution is 2.49. The summed E-state index contributed by atoms with van der Waals surface area (Å²) < 4.78 is 2.13. The maximum absolute atomic E-state index is 8.34. The number of fused-ring (bicyclic) bond motifs is 6. The van der Waals surface area contributed by atoms with Gasteiger partial charge in [0, 0.05) is 46.1 Å². The molecule has 8 aromatic rings. The normalized spacial score (nSPS) is 16.0. The summed E-state index contributed by atoms with van der Waals surface area (Å²) in [5, 5.41) is 10.7. The molecule has 0 spiro atoms. The minimum absolute atomic E-state index is 0.262. The summed E-state index contributed by atoms with van der Waals surface area (Å²) in [7, 11) is 0. The van der Waals surface area contributed by atoms with Gasteiger partial charge in [-0.2, -0.15) is 0 Å². The molecule has 7 aromatic carbocycles. The van der Waals surface area contributed by atoms with Crippen LogP contribution in [0.2, 0.25) is 0 Å². The zero-order chi connectivity index (χ0) is 36.7. The highest BCUT2D eigenvalue weighted by molar-refractivity contribution is 6.11. The number of hydrogen-bond acceptors (Lipinski definition) is 3. The van der Waals surface area contributed by atoms with Gasteiger partial charge in [0.25, 0.3) is 0 Å². The molecule has 2 aliphatic rings. The first-order chi connectivity index (χ1) is 27.2. The third kappa shape index (κ3) is 5.76. The molecule has 0 bridgehead atoms. The van der Waals surface area contributed by atoms with Crippen LogP contribution in [0.3, 0.4) is 0 Å². The van der Waals surface area contributed by atoms with Crippen molar-refractivity contribution in [1.82, 2.24) is 4.68 Å². The molecule has 4 heteroatoms. The van der Waals surface area contributed by atoms with Crippen LogP contribution >= 0.6 is 0 Å². The van der Waals surface area contributed by atoms with Crippen LogP contribution in [0.15, 0.2) is 200 Å². The van der Waals surface area contributed by atoms with Crippen LogP contribution in [0, 0.1) is 5.41 Å². The SMILES string of the molecule is N=C/C(=C\Nn1c2ccccc2c2cc(-c3ccc4c(c3)N(c3ccccc3)C3C=CC=CC43)ccc21)c1ccc(-c2cccc(-c3ccccc3)c2)cc1. The number of para-hydroxylation sites is 2. The fraction of sp³-hybridized carbons (Fsp3) is 0.0392. The van der Waals surface area contributed by atoms with Gasteiger partial charge in [-0.05, 0) is 87.0 Å². The van der Waals surface area contributed by atoms with Crippen LogP contribution in [-0.4, -0.2) is 16.9 Å². The molecule has 0 fully saturated rings. The van der Waals surface area contributed by atoms with Crippen molar-refractivity contribution in [3.05, 3.63) is 211 Å². The van der Waals surface area contributed by atoms with E-state index in [-0.39, 0.29) is 6.04 Å². The quantitative estimate of drug-likeness (QED) is 0.155. The number of aromatic nitrogens is 1. The maximum Gasteiger partial charge on any atom is 0.0710 e. The van der Waals surface area contributed by atoms with Crippen molar-refractivity contribution in [2.45, 2.75) is 12.0 Å². The topological polar surface area (TPSA) is 44.1 Å². The highest BCUT2D eigenvalue weighted by Gasteiger charge is 2.37. The van der Waals surface area contributed by atoms with E-state index < -0.39 is 0 Å². The summed E-state index contributed by atoms with van der Waals surface area (Å²) in [4.78, 5) is 2.49. The second kappa shape index (κ2) is 13.7. The first-order valence-electron chi connectivity index (χ1n) is 18.8. The van der Waals surface area contributed by atoms with Crippen LogP contribution in [0.25, 0.3) is 60.8 Å². The van der Waals surface area contributed by atoms with Gasteiger partial charge in [-0.25, -0.2) is 0 Å². The molecule has 2 atom stereocenters. The molecule has 1 aliphatic heterocycles. The molecule has 0 radical (unpaired) electrons. The molecule has 10 rings (SSSR count). The molecular formula is C51H38N4. The van der Waals surface area contributed by atoms with Crippen LogP contribution in [0.1, 0.15) is 17.0 Å².